The zero-order valence-corrected chi connectivity index (χ0v) is 25.9. The van der Waals surface area contributed by atoms with Gasteiger partial charge in [0.25, 0.3) is 0 Å². The molecule has 44 heavy (non-hydrogen) atoms. The topological polar surface area (TPSA) is 17.1 Å². The van der Waals surface area contributed by atoms with Gasteiger partial charge in [0.2, 0.25) is 0 Å². The molecule has 0 spiro atoms. The summed E-state index contributed by atoms with van der Waals surface area (Å²) in [5, 5.41) is 8.08. The Bertz CT molecular complexity index is 2270. The monoisotopic (exact) mass is 584 g/mol. The van der Waals surface area contributed by atoms with Gasteiger partial charge < -0.3 is 4.57 Å². The highest BCUT2D eigenvalue weighted by Gasteiger charge is 2.18. The van der Waals surface area contributed by atoms with Gasteiger partial charge >= 0.3 is 0 Å². The number of hydrogen-bond acceptors (Lipinski definition) is 1. The maximum absolute atomic E-state index is 12.7. The van der Waals surface area contributed by atoms with Crippen molar-refractivity contribution in [3.8, 4) is 22.3 Å². The average molecular weight is 585 g/mol. The van der Waals surface area contributed by atoms with Crippen molar-refractivity contribution in [2.24, 2.45) is 0 Å². The summed E-state index contributed by atoms with van der Waals surface area (Å²) < 4.78 is 12.7. The van der Waals surface area contributed by atoms with E-state index in [1.165, 1.54) is 43.4 Å². The molecule has 0 aliphatic heterocycles. The zero-order valence-electron chi connectivity index (χ0n) is 25.0. The standard InChI is InChI=1S/C42H33OP/c1-29(17-18-30-11-5-4-6-12-30)41-37-15-9-10-16-38(37)42(35-20-19-31-13-7-8-14-33(31)27-35)40-28-34(23-26-39(40)41)32-21-24-36(25-22-32)44(2,3)43/h4-28H,1H2,2-3H3/b18-17-. The SMILES string of the molecule is C=C(/C=C\c1ccccc1)c1c2ccccc2c(-c2ccc3ccccc3c2)c2cc(-c3ccc(P(C)(C)=O)cc3)ccc12. The van der Waals surface area contributed by atoms with Crippen LogP contribution >= 0.6 is 7.14 Å². The second kappa shape index (κ2) is 11.3. The van der Waals surface area contributed by atoms with E-state index in [1.54, 1.807) is 0 Å². The Labute approximate surface area is 259 Å². The van der Waals surface area contributed by atoms with Crippen LogP contribution in [-0.2, 0) is 4.57 Å². The maximum Gasteiger partial charge on any atom is 0.109 e. The summed E-state index contributed by atoms with van der Waals surface area (Å²) in [6, 6.07) is 49.3. The highest BCUT2D eigenvalue weighted by Crippen LogP contribution is 2.44. The van der Waals surface area contributed by atoms with Crippen molar-refractivity contribution < 1.29 is 4.57 Å². The summed E-state index contributed by atoms with van der Waals surface area (Å²) >= 11 is 0. The third kappa shape index (κ3) is 5.21. The van der Waals surface area contributed by atoms with Gasteiger partial charge in [-0.3, -0.25) is 0 Å². The van der Waals surface area contributed by atoms with Gasteiger partial charge in [0.05, 0.1) is 0 Å². The van der Waals surface area contributed by atoms with E-state index in [0.717, 1.165) is 33.1 Å². The second-order valence-electron chi connectivity index (χ2n) is 11.8. The van der Waals surface area contributed by atoms with E-state index in [0.29, 0.717) is 0 Å². The molecule has 0 fully saturated rings. The maximum atomic E-state index is 12.7. The molecule has 0 aliphatic carbocycles. The van der Waals surface area contributed by atoms with Crippen LogP contribution < -0.4 is 5.30 Å². The molecular weight excluding hydrogens is 551 g/mol. The Balaban J connectivity index is 1.50. The van der Waals surface area contributed by atoms with Gasteiger partial charge in [0.15, 0.2) is 0 Å². The van der Waals surface area contributed by atoms with Crippen LogP contribution in [0.3, 0.4) is 0 Å². The van der Waals surface area contributed by atoms with Crippen molar-refractivity contribution in [1.82, 2.24) is 0 Å². The average Bonchev–Trinajstić information content (AvgIpc) is 3.05. The second-order valence-corrected chi connectivity index (χ2v) is 15.0. The zero-order chi connectivity index (χ0) is 30.3. The molecule has 7 rings (SSSR count). The van der Waals surface area contributed by atoms with Gasteiger partial charge in [-0.2, -0.15) is 0 Å². The van der Waals surface area contributed by atoms with Crippen LogP contribution in [0.5, 0.6) is 0 Å². The van der Waals surface area contributed by atoms with E-state index in [9.17, 15) is 4.57 Å². The summed E-state index contributed by atoms with van der Waals surface area (Å²) in [5.74, 6) is 0. The molecule has 212 valence electrons. The molecular formula is C42H33OP. The third-order valence-corrected chi connectivity index (χ3v) is 10.0. The molecule has 0 unspecified atom stereocenters. The first-order valence-electron chi connectivity index (χ1n) is 14.9. The Morgan fingerprint density at radius 2 is 1.18 bits per heavy atom. The van der Waals surface area contributed by atoms with Gasteiger partial charge in [0, 0.05) is 5.30 Å². The minimum Gasteiger partial charge on any atom is -0.319 e. The molecule has 0 aliphatic rings. The summed E-state index contributed by atoms with van der Waals surface area (Å²) in [5.41, 5.74) is 7.89. The van der Waals surface area contributed by atoms with E-state index in [4.69, 9.17) is 0 Å². The summed E-state index contributed by atoms with van der Waals surface area (Å²) in [6.07, 6.45) is 4.27. The molecule has 0 saturated carbocycles. The summed E-state index contributed by atoms with van der Waals surface area (Å²) in [6.45, 7) is 8.22. The minimum atomic E-state index is -2.33. The van der Waals surface area contributed by atoms with Gasteiger partial charge in [-0.15, -0.1) is 0 Å². The largest absolute Gasteiger partial charge is 0.319 e. The molecule has 1 nitrogen and oxygen atoms in total. The van der Waals surface area contributed by atoms with Crippen molar-refractivity contribution in [2.45, 2.75) is 0 Å². The van der Waals surface area contributed by atoms with Gasteiger partial charge in [-0.25, -0.2) is 0 Å². The van der Waals surface area contributed by atoms with Crippen LogP contribution in [-0.4, -0.2) is 13.3 Å². The molecule has 2 heteroatoms. The smallest absolute Gasteiger partial charge is 0.109 e. The van der Waals surface area contributed by atoms with Gasteiger partial charge in [0.1, 0.15) is 7.14 Å². The van der Waals surface area contributed by atoms with E-state index in [2.05, 4.69) is 140 Å². The van der Waals surface area contributed by atoms with Crippen molar-refractivity contribution in [3.05, 3.63) is 163 Å². The quantitative estimate of drug-likeness (QED) is 0.108. The van der Waals surface area contributed by atoms with E-state index >= 15 is 0 Å². The van der Waals surface area contributed by atoms with Gasteiger partial charge in [-0.1, -0.05) is 146 Å². The fraction of sp³-hybridized carbons (Fsp3) is 0.0476. The minimum absolute atomic E-state index is 0.897. The first kappa shape index (κ1) is 27.8. The third-order valence-electron chi connectivity index (χ3n) is 8.48. The van der Waals surface area contributed by atoms with Crippen molar-refractivity contribution in [3.63, 3.8) is 0 Å². The number of hydrogen-bond donors (Lipinski definition) is 0. The molecule has 0 N–H and O–H groups in total. The number of allylic oxidation sites excluding steroid dienone is 2. The fourth-order valence-corrected chi connectivity index (χ4v) is 7.08. The van der Waals surface area contributed by atoms with Crippen molar-refractivity contribution >= 4 is 56.4 Å². The molecule has 0 radical (unpaired) electrons. The van der Waals surface area contributed by atoms with Crippen LogP contribution in [0.1, 0.15) is 11.1 Å². The predicted octanol–water partition coefficient (Wildman–Crippen LogP) is 11.5. The van der Waals surface area contributed by atoms with E-state index < -0.39 is 7.14 Å². The molecule has 0 amide bonds. The highest BCUT2D eigenvalue weighted by atomic mass is 31.2. The van der Waals surface area contributed by atoms with Crippen LogP contribution in [0.4, 0.5) is 0 Å². The lowest BCUT2D eigenvalue weighted by Gasteiger charge is -2.19. The lowest BCUT2D eigenvalue weighted by atomic mass is 9.84. The van der Waals surface area contributed by atoms with E-state index in [1.807, 2.05) is 31.5 Å². The summed E-state index contributed by atoms with van der Waals surface area (Å²) in [7, 11) is -2.33. The van der Waals surface area contributed by atoms with E-state index in [-0.39, 0.29) is 0 Å². The molecule has 7 aromatic carbocycles. The lowest BCUT2D eigenvalue weighted by Crippen LogP contribution is -2.01. The first-order chi connectivity index (χ1) is 21.4. The van der Waals surface area contributed by atoms with Crippen LogP contribution in [0, 0.1) is 0 Å². The predicted molar refractivity (Wildman–Crippen MR) is 193 cm³/mol. The molecule has 0 heterocycles. The Morgan fingerprint density at radius 3 is 1.93 bits per heavy atom. The van der Waals surface area contributed by atoms with Crippen LogP contribution in [0.15, 0.2) is 152 Å². The van der Waals surface area contributed by atoms with Crippen molar-refractivity contribution in [1.29, 1.82) is 0 Å². The number of benzene rings is 7. The molecule has 0 bridgehead atoms. The Kier molecular flexibility index (Phi) is 7.13. The van der Waals surface area contributed by atoms with Crippen molar-refractivity contribution in [2.75, 3.05) is 13.3 Å². The highest BCUT2D eigenvalue weighted by molar-refractivity contribution is 7.70. The first-order valence-corrected chi connectivity index (χ1v) is 17.5. The normalized spacial score (nSPS) is 12.0. The Hall–Kier alpha value is -4.97. The molecule has 0 atom stereocenters. The number of rotatable bonds is 6. The van der Waals surface area contributed by atoms with Gasteiger partial charge in [-0.05, 0) is 96.7 Å². The fourth-order valence-electron chi connectivity index (χ4n) is 6.22. The van der Waals surface area contributed by atoms with Crippen LogP contribution in [0.2, 0.25) is 0 Å². The molecule has 7 aromatic rings. The molecule has 0 aromatic heterocycles. The lowest BCUT2D eigenvalue weighted by molar-refractivity contribution is 0.588. The Morgan fingerprint density at radius 1 is 0.568 bits per heavy atom. The molecule has 0 saturated heterocycles. The van der Waals surface area contributed by atoms with Crippen LogP contribution in [0.25, 0.3) is 66.2 Å². The summed E-state index contributed by atoms with van der Waals surface area (Å²) in [4.78, 5) is 0. The number of fused-ring (bicyclic) bond motifs is 3.